The number of halogens is 2. The van der Waals surface area contributed by atoms with E-state index in [0.29, 0.717) is 29.8 Å². The molecule has 0 spiro atoms. The molecule has 0 saturated heterocycles. The van der Waals surface area contributed by atoms with Gasteiger partial charge in [0.2, 0.25) is 0 Å². The largest absolute Gasteiger partial charge is 0.490 e. The molecule has 0 saturated carbocycles. The van der Waals surface area contributed by atoms with E-state index in [2.05, 4.69) is 47.7 Å². The Morgan fingerprint density at radius 1 is 1.15 bits per heavy atom. The summed E-state index contributed by atoms with van der Waals surface area (Å²) in [4.78, 5) is 0. The van der Waals surface area contributed by atoms with Crippen molar-refractivity contribution in [2.45, 2.75) is 20.5 Å². The quantitative estimate of drug-likeness (QED) is 0.294. The molecule has 0 bridgehead atoms. The standard InChI is InChI=1S/C19H21Br2N3O2S/c1-3-22-19(27)24-23-11-14-9-16(21)18(17(10-14)25-4-2)26-12-13-5-7-15(20)8-6-13/h5-11H,3-4,12H2,1-2H3,(H2,22,24,27)/b23-11-. The molecule has 0 heterocycles. The van der Waals surface area contributed by atoms with Gasteiger partial charge in [0.25, 0.3) is 0 Å². The maximum absolute atomic E-state index is 6.00. The summed E-state index contributed by atoms with van der Waals surface area (Å²) in [6.45, 7) is 5.62. The summed E-state index contributed by atoms with van der Waals surface area (Å²) in [6, 6.07) is 11.8. The predicted molar refractivity (Wildman–Crippen MR) is 121 cm³/mol. The highest BCUT2D eigenvalue weighted by atomic mass is 79.9. The Balaban J connectivity index is 2.13. The summed E-state index contributed by atoms with van der Waals surface area (Å²) in [6.07, 6.45) is 1.68. The van der Waals surface area contributed by atoms with Crippen molar-refractivity contribution in [1.29, 1.82) is 0 Å². The van der Waals surface area contributed by atoms with Crippen LogP contribution in [-0.4, -0.2) is 24.5 Å². The Morgan fingerprint density at radius 2 is 1.89 bits per heavy atom. The van der Waals surface area contributed by atoms with Crippen molar-refractivity contribution in [3.05, 3.63) is 56.5 Å². The molecule has 0 unspecified atom stereocenters. The monoisotopic (exact) mass is 513 g/mol. The molecule has 0 aliphatic carbocycles. The number of thiocarbonyl (C=S) groups is 1. The second-order valence-electron chi connectivity index (χ2n) is 5.41. The van der Waals surface area contributed by atoms with Crippen molar-refractivity contribution in [3.8, 4) is 11.5 Å². The van der Waals surface area contributed by atoms with E-state index >= 15 is 0 Å². The number of ether oxygens (including phenoxy) is 2. The SMILES string of the molecule is CCNC(=S)N/N=C\c1cc(Br)c(OCc2ccc(Br)cc2)c(OCC)c1. The van der Waals surface area contributed by atoms with Gasteiger partial charge in [-0.3, -0.25) is 5.43 Å². The van der Waals surface area contributed by atoms with Crippen LogP contribution in [0.5, 0.6) is 11.5 Å². The lowest BCUT2D eigenvalue weighted by molar-refractivity contribution is 0.267. The van der Waals surface area contributed by atoms with Crippen molar-refractivity contribution in [3.63, 3.8) is 0 Å². The van der Waals surface area contributed by atoms with E-state index in [1.54, 1.807) is 6.21 Å². The van der Waals surface area contributed by atoms with Crippen molar-refractivity contribution >= 4 is 55.4 Å². The van der Waals surface area contributed by atoms with Crippen LogP contribution in [0.2, 0.25) is 0 Å². The van der Waals surface area contributed by atoms with Gasteiger partial charge < -0.3 is 14.8 Å². The Morgan fingerprint density at radius 3 is 2.56 bits per heavy atom. The van der Waals surface area contributed by atoms with Crippen LogP contribution in [0.4, 0.5) is 0 Å². The zero-order valence-corrected chi connectivity index (χ0v) is 19.1. The van der Waals surface area contributed by atoms with Gasteiger partial charge in [-0.15, -0.1) is 0 Å². The van der Waals surface area contributed by atoms with E-state index < -0.39 is 0 Å². The minimum absolute atomic E-state index is 0.442. The summed E-state index contributed by atoms with van der Waals surface area (Å²) < 4.78 is 13.6. The molecule has 0 aliphatic rings. The number of nitrogens with one attached hydrogen (secondary N) is 2. The summed E-state index contributed by atoms with van der Waals surface area (Å²) in [7, 11) is 0. The highest BCUT2D eigenvalue weighted by Gasteiger charge is 2.12. The highest BCUT2D eigenvalue weighted by molar-refractivity contribution is 9.10. The molecule has 2 aromatic carbocycles. The van der Waals surface area contributed by atoms with Crippen LogP contribution in [0.15, 0.2) is 50.4 Å². The van der Waals surface area contributed by atoms with Gasteiger partial charge in [-0.2, -0.15) is 5.10 Å². The van der Waals surface area contributed by atoms with Gasteiger partial charge in [-0.05, 0) is 77.4 Å². The Kier molecular flexibility index (Phi) is 9.03. The third-order valence-corrected chi connectivity index (χ3v) is 4.70. The van der Waals surface area contributed by atoms with Gasteiger partial charge in [-0.1, -0.05) is 28.1 Å². The third-order valence-electron chi connectivity index (χ3n) is 3.35. The van der Waals surface area contributed by atoms with Crippen molar-refractivity contribution in [2.75, 3.05) is 13.2 Å². The van der Waals surface area contributed by atoms with Crippen LogP contribution in [-0.2, 0) is 6.61 Å². The van der Waals surface area contributed by atoms with Gasteiger partial charge in [-0.25, -0.2) is 0 Å². The summed E-state index contributed by atoms with van der Waals surface area (Å²) in [5, 5.41) is 7.58. The van der Waals surface area contributed by atoms with Crippen LogP contribution in [0, 0.1) is 0 Å². The lowest BCUT2D eigenvalue weighted by Crippen LogP contribution is -2.31. The van der Waals surface area contributed by atoms with E-state index in [0.717, 1.165) is 26.6 Å². The first-order valence-electron chi connectivity index (χ1n) is 8.44. The molecule has 2 rings (SSSR count). The molecule has 2 aromatic rings. The lowest BCUT2D eigenvalue weighted by atomic mass is 10.2. The molecule has 27 heavy (non-hydrogen) atoms. The average Bonchev–Trinajstić information content (AvgIpc) is 2.63. The zero-order valence-electron chi connectivity index (χ0n) is 15.1. The second kappa shape index (κ2) is 11.3. The Hall–Kier alpha value is -1.64. The smallest absolute Gasteiger partial charge is 0.186 e. The van der Waals surface area contributed by atoms with Crippen LogP contribution in [0.25, 0.3) is 0 Å². The number of hydrazone groups is 1. The van der Waals surface area contributed by atoms with Crippen LogP contribution in [0.3, 0.4) is 0 Å². The fourth-order valence-electron chi connectivity index (χ4n) is 2.17. The molecule has 5 nitrogen and oxygen atoms in total. The Bertz CT molecular complexity index is 798. The molecule has 0 atom stereocenters. The second-order valence-corrected chi connectivity index (χ2v) is 7.59. The molecular formula is C19H21Br2N3O2S. The maximum Gasteiger partial charge on any atom is 0.186 e. The van der Waals surface area contributed by atoms with Crippen LogP contribution < -0.4 is 20.2 Å². The number of hydrogen-bond donors (Lipinski definition) is 2. The van der Waals surface area contributed by atoms with E-state index in [1.807, 2.05) is 50.2 Å². The third kappa shape index (κ3) is 7.12. The minimum atomic E-state index is 0.442. The van der Waals surface area contributed by atoms with Gasteiger partial charge >= 0.3 is 0 Å². The first-order chi connectivity index (χ1) is 13.0. The molecule has 0 radical (unpaired) electrons. The lowest BCUT2D eigenvalue weighted by Gasteiger charge is -2.15. The fourth-order valence-corrected chi connectivity index (χ4v) is 3.20. The van der Waals surface area contributed by atoms with E-state index in [1.165, 1.54) is 0 Å². The summed E-state index contributed by atoms with van der Waals surface area (Å²) >= 11 is 12.1. The molecule has 2 N–H and O–H groups in total. The predicted octanol–water partition coefficient (Wildman–Crippen LogP) is 5.01. The zero-order chi connectivity index (χ0) is 19.6. The number of nitrogens with zero attached hydrogens (tertiary/aromatic N) is 1. The van der Waals surface area contributed by atoms with Crippen molar-refractivity contribution < 1.29 is 9.47 Å². The van der Waals surface area contributed by atoms with Gasteiger partial charge in [0, 0.05) is 11.0 Å². The minimum Gasteiger partial charge on any atom is -0.490 e. The van der Waals surface area contributed by atoms with Crippen LogP contribution >= 0.6 is 44.1 Å². The topological polar surface area (TPSA) is 54.9 Å². The molecule has 0 aromatic heterocycles. The van der Waals surface area contributed by atoms with Crippen molar-refractivity contribution in [2.24, 2.45) is 5.10 Å². The fraction of sp³-hybridized carbons (Fsp3) is 0.263. The maximum atomic E-state index is 6.00. The van der Waals surface area contributed by atoms with Crippen molar-refractivity contribution in [1.82, 2.24) is 10.7 Å². The normalized spacial score (nSPS) is 10.7. The van der Waals surface area contributed by atoms with E-state index in [-0.39, 0.29) is 0 Å². The highest BCUT2D eigenvalue weighted by Crippen LogP contribution is 2.37. The summed E-state index contributed by atoms with van der Waals surface area (Å²) in [5.41, 5.74) is 4.69. The molecule has 0 aliphatic heterocycles. The first-order valence-corrected chi connectivity index (χ1v) is 10.4. The van der Waals surface area contributed by atoms with Crippen LogP contribution in [0.1, 0.15) is 25.0 Å². The van der Waals surface area contributed by atoms with E-state index in [4.69, 9.17) is 21.7 Å². The summed E-state index contributed by atoms with van der Waals surface area (Å²) in [5.74, 6) is 1.31. The average molecular weight is 515 g/mol. The molecule has 0 fully saturated rings. The number of benzene rings is 2. The van der Waals surface area contributed by atoms with E-state index in [9.17, 15) is 0 Å². The molecule has 8 heteroatoms. The molecular weight excluding hydrogens is 494 g/mol. The van der Waals surface area contributed by atoms with Gasteiger partial charge in [0.15, 0.2) is 16.6 Å². The molecule has 144 valence electrons. The first kappa shape index (κ1) is 21.7. The van der Waals surface area contributed by atoms with Gasteiger partial charge in [0.1, 0.15) is 6.61 Å². The Labute approximate surface area is 181 Å². The molecule has 0 amide bonds. The number of rotatable bonds is 8. The number of hydrogen-bond acceptors (Lipinski definition) is 4. The van der Waals surface area contributed by atoms with Gasteiger partial charge in [0.05, 0.1) is 17.3 Å².